The monoisotopic (exact) mass is 376 g/mol. The Balaban J connectivity index is 1.85. The van der Waals surface area contributed by atoms with Gasteiger partial charge in [-0.3, -0.25) is 4.79 Å². The Morgan fingerprint density at radius 1 is 1.25 bits per heavy atom. The van der Waals surface area contributed by atoms with Gasteiger partial charge in [-0.15, -0.1) is 0 Å². The van der Waals surface area contributed by atoms with E-state index in [-0.39, 0.29) is 6.04 Å². The number of para-hydroxylation sites is 1. The fourth-order valence-corrected chi connectivity index (χ4v) is 4.40. The van der Waals surface area contributed by atoms with Gasteiger partial charge in [-0.2, -0.15) is 0 Å². The minimum Gasteiger partial charge on any atom is -0.381 e. The van der Waals surface area contributed by atoms with Gasteiger partial charge in [0.05, 0.1) is 28.5 Å². The van der Waals surface area contributed by atoms with Gasteiger partial charge in [-0.1, -0.05) is 26.0 Å². The van der Waals surface area contributed by atoms with Gasteiger partial charge in [0.15, 0.2) is 5.82 Å². The molecule has 3 heterocycles. The van der Waals surface area contributed by atoms with Crippen LogP contribution in [0.1, 0.15) is 30.2 Å². The number of aromatic nitrogens is 3. The van der Waals surface area contributed by atoms with E-state index in [2.05, 4.69) is 41.9 Å². The van der Waals surface area contributed by atoms with Crippen LogP contribution in [-0.2, 0) is 7.05 Å². The van der Waals surface area contributed by atoms with Crippen LogP contribution in [-0.4, -0.2) is 26.9 Å². The van der Waals surface area contributed by atoms with Crippen molar-refractivity contribution >= 4 is 33.9 Å². The highest BCUT2D eigenvalue weighted by atomic mass is 19.1. The van der Waals surface area contributed by atoms with Gasteiger partial charge in [0.2, 0.25) is 0 Å². The number of nitrogens with one attached hydrogen (secondary N) is 1. The maximum Gasteiger partial charge on any atom is 0.157 e. The second kappa shape index (κ2) is 5.92. The summed E-state index contributed by atoms with van der Waals surface area (Å²) >= 11 is 0. The van der Waals surface area contributed by atoms with Crippen LogP contribution in [0.2, 0.25) is 0 Å². The van der Waals surface area contributed by atoms with Crippen LogP contribution in [0.4, 0.5) is 10.1 Å². The molecule has 4 aromatic rings. The summed E-state index contributed by atoms with van der Waals surface area (Å²) in [5.74, 6) is 0.688. The van der Waals surface area contributed by atoms with Crippen LogP contribution < -0.4 is 5.32 Å². The zero-order valence-electron chi connectivity index (χ0n) is 16.0. The number of nitrogens with zero attached hydrogens (tertiary/aromatic N) is 3. The number of carbonyl (C=O) groups excluding carboxylic acids is 1. The average molecular weight is 376 g/mol. The number of hydrogen-bond donors (Lipinski definition) is 1. The highest BCUT2D eigenvalue weighted by Gasteiger charge is 2.28. The van der Waals surface area contributed by atoms with Crippen LogP contribution in [0, 0.1) is 11.7 Å². The van der Waals surface area contributed by atoms with Crippen molar-refractivity contribution in [3.05, 3.63) is 47.8 Å². The first kappa shape index (κ1) is 17.0. The third-order valence-electron chi connectivity index (χ3n) is 5.77. The zero-order chi connectivity index (χ0) is 19.6. The summed E-state index contributed by atoms with van der Waals surface area (Å²) in [6.45, 7) is 5.25. The molecule has 142 valence electrons. The SMILES string of the molecule is CC(C)[C@@H]1CNc2cccc3cc(-c4nc5cc(C=O)cc(F)c5n4C)n1c23. The minimum atomic E-state index is -0.432. The molecular weight excluding hydrogens is 355 g/mol. The lowest BCUT2D eigenvalue weighted by Gasteiger charge is -2.31. The first-order valence-electron chi connectivity index (χ1n) is 9.49. The van der Waals surface area contributed by atoms with Crippen molar-refractivity contribution in [2.24, 2.45) is 13.0 Å². The van der Waals surface area contributed by atoms with Gasteiger partial charge >= 0.3 is 0 Å². The van der Waals surface area contributed by atoms with Crippen LogP contribution in [0.15, 0.2) is 36.4 Å². The van der Waals surface area contributed by atoms with E-state index >= 15 is 0 Å². The zero-order valence-corrected chi connectivity index (χ0v) is 16.0. The van der Waals surface area contributed by atoms with E-state index in [0.717, 1.165) is 28.8 Å². The number of hydrogen-bond acceptors (Lipinski definition) is 3. The van der Waals surface area contributed by atoms with Gasteiger partial charge < -0.3 is 14.5 Å². The molecular formula is C22H21FN4O. The Hall–Kier alpha value is -3.15. The van der Waals surface area contributed by atoms with E-state index in [1.165, 1.54) is 6.07 Å². The molecule has 0 fully saturated rings. The van der Waals surface area contributed by atoms with Gasteiger partial charge in [0.25, 0.3) is 0 Å². The number of aldehydes is 1. The minimum absolute atomic E-state index is 0.262. The Labute approximate surface area is 161 Å². The van der Waals surface area contributed by atoms with Crippen molar-refractivity contribution in [2.45, 2.75) is 19.9 Å². The number of anilines is 1. The van der Waals surface area contributed by atoms with Crippen LogP contribution in [0.3, 0.4) is 0 Å². The Kier molecular flexibility index (Phi) is 3.59. The number of rotatable bonds is 3. The molecule has 28 heavy (non-hydrogen) atoms. The number of halogens is 1. The van der Waals surface area contributed by atoms with E-state index in [9.17, 15) is 9.18 Å². The third-order valence-corrected chi connectivity index (χ3v) is 5.77. The van der Waals surface area contributed by atoms with Crippen LogP contribution >= 0.6 is 0 Å². The molecule has 0 radical (unpaired) electrons. The molecule has 1 aliphatic rings. The second-order valence-electron chi connectivity index (χ2n) is 7.82. The molecule has 5 rings (SSSR count). The topological polar surface area (TPSA) is 51.9 Å². The lowest BCUT2D eigenvalue weighted by atomic mass is 10.0. The number of aryl methyl sites for hydroxylation is 1. The van der Waals surface area contributed by atoms with Crippen LogP contribution in [0.5, 0.6) is 0 Å². The highest BCUT2D eigenvalue weighted by molar-refractivity contribution is 5.97. The molecule has 0 spiro atoms. The molecule has 2 aromatic carbocycles. The molecule has 0 amide bonds. The van der Waals surface area contributed by atoms with Crippen molar-refractivity contribution in [2.75, 3.05) is 11.9 Å². The van der Waals surface area contributed by atoms with Gasteiger partial charge in [-0.25, -0.2) is 9.37 Å². The molecule has 1 aliphatic heterocycles. The maximum atomic E-state index is 14.7. The summed E-state index contributed by atoms with van der Waals surface area (Å²) in [4.78, 5) is 15.9. The standard InChI is InChI=1S/C22H21FN4O/c1-12(2)19-10-24-16-6-4-5-14-9-18(27(19)20(14)16)22-25-17-8-13(11-28)7-15(23)21(17)26(22)3/h4-9,11-12,19,24H,10H2,1-3H3/t19-/m0/s1. The molecule has 0 unspecified atom stereocenters. The van der Waals surface area contributed by atoms with Gasteiger partial charge in [0.1, 0.15) is 17.6 Å². The number of imidazole rings is 1. The Morgan fingerprint density at radius 2 is 2.07 bits per heavy atom. The Morgan fingerprint density at radius 3 is 2.82 bits per heavy atom. The molecule has 5 nitrogen and oxygen atoms in total. The maximum absolute atomic E-state index is 14.7. The number of carbonyl (C=O) groups is 1. The van der Waals surface area contributed by atoms with Crippen molar-refractivity contribution in [1.29, 1.82) is 0 Å². The van der Waals surface area contributed by atoms with Gasteiger partial charge in [-0.05, 0) is 30.2 Å². The quantitative estimate of drug-likeness (QED) is 0.524. The largest absolute Gasteiger partial charge is 0.381 e. The van der Waals surface area contributed by atoms with E-state index in [4.69, 9.17) is 4.98 Å². The van der Waals surface area contributed by atoms with Crippen molar-refractivity contribution in [3.63, 3.8) is 0 Å². The highest BCUT2D eigenvalue weighted by Crippen LogP contribution is 2.40. The van der Waals surface area contributed by atoms with Gasteiger partial charge in [0, 0.05) is 24.5 Å². The first-order valence-corrected chi connectivity index (χ1v) is 9.49. The number of benzene rings is 2. The normalized spacial score (nSPS) is 16.1. The molecule has 2 aromatic heterocycles. The Bertz CT molecular complexity index is 1250. The first-order chi connectivity index (χ1) is 13.5. The molecule has 1 atom stereocenters. The van der Waals surface area contributed by atoms with E-state index in [1.807, 2.05) is 13.1 Å². The fraction of sp³-hybridized carbons (Fsp3) is 0.273. The molecule has 1 N–H and O–H groups in total. The molecule has 0 aliphatic carbocycles. The van der Waals surface area contributed by atoms with Crippen molar-refractivity contribution in [1.82, 2.24) is 14.1 Å². The summed E-state index contributed by atoms with van der Waals surface area (Å²) < 4.78 is 18.8. The molecule has 0 saturated carbocycles. The molecule has 6 heteroatoms. The summed E-state index contributed by atoms with van der Waals surface area (Å²) in [6, 6.07) is 11.5. The summed E-state index contributed by atoms with van der Waals surface area (Å²) in [7, 11) is 1.83. The second-order valence-corrected chi connectivity index (χ2v) is 7.82. The number of fused-ring (bicyclic) bond motifs is 1. The fourth-order valence-electron chi connectivity index (χ4n) is 4.40. The summed E-state index contributed by atoms with van der Waals surface area (Å²) in [6.07, 6.45) is 0.652. The molecule has 0 bridgehead atoms. The lowest BCUT2D eigenvalue weighted by Crippen LogP contribution is -2.28. The van der Waals surface area contributed by atoms with Crippen LogP contribution in [0.25, 0.3) is 33.5 Å². The molecule has 0 saturated heterocycles. The lowest BCUT2D eigenvalue weighted by molar-refractivity contribution is 0.112. The smallest absolute Gasteiger partial charge is 0.157 e. The van der Waals surface area contributed by atoms with Crippen molar-refractivity contribution in [3.8, 4) is 11.5 Å². The predicted octanol–water partition coefficient (Wildman–Crippen LogP) is 4.77. The predicted molar refractivity (Wildman–Crippen MR) is 109 cm³/mol. The third kappa shape index (κ3) is 2.24. The average Bonchev–Trinajstić information content (AvgIpc) is 3.21. The van der Waals surface area contributed by atoms with Crippen molar-refractivity contribution < 1.29 is 9.18 Å². The van der Waals surface area contributed by atoms with E-state index < -0.39 is 5.82 Å². The summed E-state index contributed by atoms with van der Waals surface area (Å²) in [5, 5.41) is 4.67. The van der Waals surface area contributed by atoms with E-state index in [1.54, 1.807) is 10.6 Å². The summed E-state index contributed by atoms with van der Waals surface area (Å²) in [5.41, 5.74) is 4.43. The van der Waals surface area contributed by atoms with E-state index in [0.29, 0.717) is 34.6 Å².